The van der Waals surface area contributed by atoms with Crippen LogP contribution < -0.4 is 0 Å². The summed E-state index contributed by atoms with van der Waals surface area (Å²) in [6.45, 7) is 1.68. The minimum absolute atomic E-state index is 0.387. The van der Waals surface area contributed by atoms with Crippen LogP contribution in [0.4, 0.5) is 0 Å². The zero-order chi connectivity index (χ0) is 15.2. The predicted octanol–water partition coefficient (Wildman–Crippen LogP) is 1.72. The summed E-state index contributed by atoms with van der Waals surface area (Å²) in [5.41, 5.74) is 1.11. The van der Waals surface area contributed by atoms with Gasteiger partial charge in [0.05, 0.1) is 25.7 Å². The minimum atomic E-state index is -1.19. The largest absolute Gasteiger partial charge is 0.478 e. The molecule has 0 amide bonds. The number of fused-ring (bicyclic) bond motifs is 3. The van der Waals surface area contributed by atoms with Gasteiger partial charge in [0.25, 0.3) is 0 Å². The van der Waals surface area contributed by atoms with Crippen molar-refractivity contribution in [2.75, 3.05) is 14.2 Å². The summed E-state index contributed by atoms with van der Waals surface area (Å²) in [5, 5.41) is 0. The van der Waals surface area contributed by atoms with Crippen LogP contribution in [0, 0.1) is 0 Å². The maximum Gasteiger partial charge on any atom is 0.351 e. The van der Waals surface area contributed by atoms with Crippen LogP contribution in [0.25, 0.3) is 0 Å². The molecule has 0 saturated carbocycles. The highest BCUT2D eigenvalue weighted by atomic mass is 16.6. The van der Waals surface area contributed by atoms with Gasteiger partial charge in [-0.15, -0.1) is 0 Å². The first-order chi connectivity index (χ1) is 10.0. The quantitative estimate of drug-likeness (QED) is 0.775. The summed E-state index contributed by atoms with van der Waals surface area (Å²) in [6.07, 6.45) is 0.387. The Morgan fingerprint density at radius 1 is 1.24 bits per heavy atom. The normalized spacial score (nSPS) is 26.0. The Morgan fingerprint density at radius 3 is 2.62 bits per heavy atom. The number of carbonyl (C=O) groups is 2. The minimum Gasteiger partial charge on any atom is -0.478 e. The van der Waals surface area contributed by atoms with E-state index in [-0.39, 0.29) is 0 Å². The smallest absolute Gasteiger partial charge is 0.351 e. The molecular weight excluding hydrogens is 272 g/mol. The molecule has 2 atom stereocenters. The zero-order valence-corrected chi connectivity index (χ0v) is 12.1. The molecule has 0 aromatic heterocycles. The van der Waals surface area contributed by atoms with Gasteiger partial charge in [0.2, 0.25) is 5.60 Å². The van der Waals surface area contributed by atoms with Crippen LogP contribution in [0.15, 0.2) is 35.6 Å². The van der Waals surface area contributed by atoms with Crippen LogP contribution in [0.2, 0.25) is 0 Å². The fourth-order valence-corrected chi connectivity index (χ4v) is 3.40. The summed E-state index contributed by atoms with van der Waals surface area (Å²) in [5.74, 6) is -0.998. The molecule has 0 radical (unpaired) electrons. The van der Waals surface area contributed by atoms with Crippen LogP contribution in [0.5, 0.6) is 0 Å². The predicted molar refractivity (Wildman–Crippen MR) is 73.4 cm³/mol. The molecule has 1 aliphatic carbocycles. The van der Waals surface area contributed by atoms with Gasteiger partial charge < -0.3 is 14.2 Å². The third-order valence-corrected chi connectivity index (χ3v) is 4.22. The first-order valence-corrected chi connectivity index (χ1v) is 6.69. The zero-order valence-electron chi connectivity index (χ0n) is 12.1. The molecular formula is C16H16O5. The van der Waals surface area contributed by atoms with Gasteiger partial charge >= 0.3 is 11.9 Å². The number of hydrogen-bond acceptors (Lipinski definition) is 5. The molecule has 2 aliphatic rings. The first kappa shape index (κ1) is 13.7. The highest BCUT2D eigenvalue weighted by Gasteiger charge is 2.62. The Labute approximate surface area is 122 Å². The summed E-state index contributed by atoms with van der Waals surface area (Å²) < 4.78 is 15.6. The molecule has 5 nitrogen and oxygen atoms in total. The average molecular weight is 288 g/mol. The second kappa shape index (κ2) is 4.62. The SMILES string of the molecule is COC(=O)C1=C(C)O[C@]2(C(=O)OC)Cc3ccccc3[C@H]12. The van der Waals surface area contributed by atoms with Gasteiger partial charge in [-0.05, 0) is 18.1 Å². The molecule has 110 valence electrons. The van der Waals surface area contributed by atoms with Crippen molar-refractivity contribution in [2.45, 2.75) is 24.9 Å². The average Bonchev–Trinajstić information content (AvgIpc) is 2.96. The third kappa shape index (κ3) is 1.70. The Kier molecular flexibility index (Phi) is 3.01. The lowest BCUT2D eigenvalue weighted by Gasteiger charge is -2.27. The molecule has 0 bridgehead atoms. The Hall–Kier alpha value is -2.30. The van der Waals surface area contributed by atoms with Gasteiger partial charge in [-0.3, -0.25) is 0 Å². The van der Waals surface area contributed by atoms with E-state index in [0.717, 1.165) is 11.1 Å². The fourth-order valence-electron chi connectivity index (χ4n) is 3.40. The van der Waals surface area contributed by atoms with Crippen molar-refractivity contribution in [3.05, 3.63) is 46.7 Å². The van der Waals surface area contributed by atoms with Crippen LogP contribution >= 0.6 is 0 Å². The molecule has 21 heavy (non-hydrogen) atoms. The Morgan fingerprint density at radius 2 is 1.95 bits per heavy atom. The maximum absolute atomic E-state index is 12.4. The lowest BCUT2D eigenvalue weighted by Crippen LogP contribution is -2.43. The molecule has 0 fully saturated rings. The third-order valence-electron chi connectivity index (χ3n) is 4.22. The number of benzene rings is 1. The van der Waals surface area contributed by atoms with Gasteiger partial charge in [0.15, 0.2) is 0 Å². The van der Waals surface area contributed by atoms with Crippen molar-refractivity contribution >= 4 is 11.9 Å². The van der Waals surface area contributed by atoms with Crippen molar-refractivity contribution in [3.63, 3.8) is 0 Å². The van der Waals surface area contributed by atoms with Gasteiger partial charge in [-0.2, -0.15) is 0 Å². The Balaban J connectivity index is 2.19. The summed E-state index contributed by atoms with van der Waals surface area (Å²) in [6, 6.07) is 7.63. The molecule has 0 N–H and O–H groups in total. The van der Waals surface area contributed by atoms with Crippen molar-refractivity contribution in [1.29, 1.82) is 0 Å². The molecule has 1 aromatic rings. The van der Waals surface area contributed by atoms with E-state index < -0.39 is 23.5 Å². The first-order valence-electron chi connectivity index (χ1n) is 6.69. The summed E-state index contributed by atoms with van der Waals surface area (Å²) >= 11 is 0. The van der Waals surface area contributed by atoms with E-state index in [2.05, 4.69) is 0 Å². The molecule has 0 spiro atoms. The highest BCUT2D eigenvalue weighted by molar-refractivity contribution is 5.97. The van der Waals surface area contributed by atoms with E-state index in [1.807, 2.05) is 24.3 Å². The number of esters is 2. The van der Waals surface area contributed by atoms with Gasteiger partial charge in [0.1, 0.15) is 5.76 Å². The van der Waals surface area contributed by atoms with Crippen molar-refractivity contribution in [1.82, 2.24) is 0 Å². The van der Waals surface area contributed by atoms with Crippen molar-refractivity contribution < 1.29 is 23.8 Å². The van der Waals surface area contributed by atoms with E-state index in [1.54, 1.807) is 6.92 Å². The topological polar surface area (TPSA) is 61.8 Å². The van der Waals surface area contributed by atoms with E-state index >= 15 is 0 Å². The number of rotatable bonds is 2. The van der Waals surface area contributed by atoms with E-state index in [0.29, 0.717) is 17.8 Å². The van der Waals surface area contributed by atoms with E-state index in [1.165, 1.54) is 14.2 Å². The molecule has 5 heteroatoms. The molecule has 0 unspecified atom stereocenters. The van der Waals surface area contributed by atoms with Crippen LogP contribution in [0.3, 0.4) is 0 Å². The lowest BCUT2D eigenvalue weighted by atomic mass is 9.83. The van der Waals surface area contributed by atoms with Crippen molar-refractivity contribution in [2.24, 2.45) is 0 Å². The number of carbonyl (C=O) groups excluding carboxylic acids is 2. The maximum atomic E-state index is 12.4. The number of hydrogen-bond donors (Lipinski definition) is 0. The number of allylic oxidation sites excluding steroid dienone is 1. The van der Waals surface area contributed by atoms with Crippen LogP contribution in [-0.4, -0.2) is 31.8 Å². The van der Waals surface area contributed by atoms with E-state index in [4.69, 9.17) is 14.2 Å². The lowest BCUT2D eigenvalue weighted by molar-refractivity contribution is -0.162. The second-order valence-corrected chi connectivity index (χ2v) is 5.25. The molecule has 1 aromatic carbocycles. The molecule has 1 aliphatic heterocycles. The van der Waals surface area contributed by atoms with Crippen LogP contribution in [-0.2, 0) is 30.2 Å². The Bertz CT molecular complexity index is 660. The summed E-state index contributed by atoms with van der Waals surface area (Å²) in [4.78, 5) is 24.5. The van der Waals surface area contributed by atoms with Crippen molar-refractivity contribution in [3.8, 4) is 0 Å². The molecule has 0 saturated heterocycles. The number of ether oxygens (including phenoxy) is 3. The monoisotopic (exact) mass is 288 g/mol. The van der Waals surface area contributed by atoms with E-state index in [9.17, 15) is 9.59 Å². The van der Waals surface area contributed by atoms with Gasteiger partial charge in [-0.25, -0.2) is 9.59 Å². The fraction of sp³-hybridized carbons (Fsp3) is 0.375. The second-order valence-electron chi connectivity index (χ2n) is 5.25. The molecule has 1 heterocycles. The standard InChI is InChI=1S/C16H16O5/c1-9-12(14(17)19-2)13-11-7-5-4-6-10(11)8-16(13,21-9)15(18)20-3/h4-7,13H,8H2,1-3H3/t13-,16-/m1/s1. The van der Waals surface area contributed by atoms with Crippen LogP contribution in [0.1, 0.15) is 24.0 Å². The van der Waals surface area contributed by atoms with Gasteiger partial charge in [-0.1, -0.05) is 24.3 Å². The summed E-state index contributed by atoms with van der Waals surface area (Å²) in [7, 11) is 2.65. The number of methoxy groups -OCH3 is 2. The van der Waals surface area contributed by atoms with Gasteiger partial charge in [0, 0.05) is 6.42 Å². The highest BCUT2D eigenvalue weighted by Crippen LogP contribution is 2.54. The molecule has 3 rings (SSSR count).